The number of aromatic nitrogens is 3. The van der Waals surface area contributed by atoms with E-state index in [1.54, 1.807) is 0 Å². The molecule has 0 unspecified atom stereocenters. The molecule has 2 heterocycles. The van der Waals surface area contributed by atoms with Crippen LogP contribution in [0.2, 0.25) is 0 Å². The Kier molecular flexibility index (Phi) is 4.25. The first kappa shape index (κ1) is 18.2. The van der Waals surface area contributed by atoms with Crippen molar-refractivity contribution in [2.45, 2.75) is 11.4 Å². The lowest BCUT2D eigenvalue weighted by atomic mass is 9.95. The Labute approximate surface area is 183 Å². The van der Waals surface area contributed by atoms with Crippen LogP contribution in [0.4, 0.5) is 5.69 Å². The topological polar surface area (TPSA) is 59.9 Å². The van der Waals surface area contributed by atoms with E-state index in [2.05, 4.69) is 75.1 Å². The standard InChI is InChI=1S/C25H18N4OS/c1-31-25-27-24-22(28-29-25)19-12-6-7-13-20(19)26-23(30-24)21-17-10-4-2-8-15(17)14-16-9-3-5-11-18(16)21/h2-14,23,26H,1H3/t23-/m1/s1. The van der Waals surface area contributed by atoms with E-state index in [0.717, 1.165) is 27.6 Å². The fourth-order valence-electron chi connectivity index (χ4n) is 4.20. The van der Waals surface area contributed by atoms with Gasteiger partial charge in [-0.25, -0.2) is 0 Å². The summed E-state index contributed by atoms with van der Waals surface area (Å²) in [6, 6.07) is 27.1. The van der Waals surface area contributed by atoms with Crippen molar-refractivity contribution in [3.05, 3.63) is 84.4 Å². The molecule has 1 aliphatic heterocycles. The number of anilines is 1. The number of nitrogens with one attached hydrogen (secondary N) is 1. The Hall–Kier alpha value is -3.64. The summed E-state index contributed by atoms with van der Waals surface area (Å²) >= 11 is 1.45. The first-order chi connectivity index (χ1) is 15.3. The minimum atomic E-state index is -0.440. The van der Waals surface area contributed by atoms with Crippen LogP contribution in [0.15, 0.2) is 84.0 Å². The maximum absolute atomic E-state index is 6.55. The van der Waals surface area contributed by atoms with Crippen molar-refractivity contribution >= 4 is 39.0 Å². The Morgan fingerprint density at radius 1 is 0.839 bits per heavy atom. The third-order valence-electron chi connectivity index (χ3n) is 5.59. The maximum atomic E-state index is 6.55. The summed E-state index contributed by atoms with van der Waals surface area (Å²) in [5.41, 5.74) is 3.60. The van der Waals surface area contributed by atoms with Crippen LogP contribution < -0.4 is 10.1 Å². The molecule has 0 fully saturated rings. The fourth-order valence-corrected chi connectivity index (χ4v) is 4.49. The van der Waals surface area contributed by atoms with E-state index in [9.17, 15) is 0 Å². The second-order valence-corrected chi connectivity index (χ2v) is 8.15. The van der Waals surface area contributed by atoms with Crippen molar-refractivity contribution < 1.29 is 4.74 Å². The van der Waals surface area contributed by atoms with Crippen molar-refractivity contribution in [2.24, 2.45) is 0 Å². The fraction of sp³-hybridized carbons (Fsp3) is 0.0800. The third-order valence-corrected chi connectivity index (χ3v) is 6.13. The molecule has 5 nitrogen and oxygen atoms in total. The quantitative estimate of drug-likeness (QED) is 0.275. The van der Waals surface area contributed by atoms with Crippen molar-refractivity contribution in [3.8, 4) is 17.1 Å². The molecule has 0 bridgehead atoms. The summed E-state index contributed by atoms with van der Waals surface area (Å²) in [7, 11) is 0. The summed E-state index contributed by atoms with van der Waals surface area (Å²) in [6.07, 6.45) is 1.49. The highest BCUT2D eigenvalue weighted by Gasteiger charge is 2.28. The summed E-state index contributed by atoms with van der Waals surface area (Å²) in [4.78, 5) is 4.65. The number of hydrogen-bond donors (Lipinski definition) is 1. The van der Waals surface area contributed by atoms with Gasteiger partial charge >= 0.3 is 0 Å². The molecule has 0 saturated heterocycles. The van der Waals surface area contributed by atoms with Gasteiger partial charge in [-0.3, -0.25) is 0 Å². The van der Waals surface area contributed by atoms with Crippen LogP contribution in [0.3, 0.4) is 0 Å². The van der Waals surface area contributed by atoms with Gasteiger partial charge in [0, 0.05) is 16.8 Å². The predicted octanol–water partition coefficient (Wildman–Crippen LogP) is 6.07. The number of ether oxygens (including phenoxy) is 1. The van der Waals surface area contributed by atoms with Crippen LogP contribution in [0.25, 0.3) is 32.8 Å². The molecule has 1 N–H and O–H groups in total. The van der Waals surface area contributed by atoms with E-state index >= 15 is 0 Å². The Morgan fingerprint density at radius 2 is 1.52 bits per heavy atom. The number of hydrogen-bond acceptors (Lipinski definition) is 6. The molecular formula is C25H18N4OS. The molecule has 1 aromatic heterocycles. The lowest BCUT2D eigenvalue weighted by molar-refractivity contribution is 0.228. The van der Waals surface area contributed by atoms with Gasteiger partial charge in [-0.15, -0.1) is 10.2 Å². The lowest BCUT2D eigenvalue weighted by Gasteiger charge is -2.23. The van der Waals surface area contributed by atoms with Gasteiger partial charge < -0.3 is 10.1 Å². The predicted molar refractivity (Wildman–Crippen MR) is 125 cm³/mol. The van der Waals surface area contributed by atoms with Gasteiger partial charge in [0.1, 0.15) is 0 Å². The molecule has 31 heavy (non-hydrogen) atoms. The summed E-state index contributed by atoms with van der Waals surface area (Å²) < 4.78 is 6.55. The zero-order valence-corrected chi connectivity index (χ0v) is 17.6. The van der Waals surface area contributed by atoms with Gasteiger partial charge in [-0.2, -0.15) is 4.98 Å². The Bertz CT molecular complexity index is 1400. The monoisotopic (exact) mass is 422 g/mol. The van der Waals surface area contributed by atoms with Gasteiger partial charge in [0.2, 0.25) is 11.0 Å². The SMILES string of the molecule is CSc1nnc2c(n1)O[C@H](c1c3ccccc3cc3ccccc13)Nc1ccccc1-2. The zero-order valence-electron chi connectivity index (χ0n) is 16.7. The first-order valence-electron chi connectivity index (χ1n) is 10.0. The van der Waals surface area contributed by atoms with Gasteiger partial charge in [0.25, 0.3) is 0 Å². The number of benzene rings is 4. The third kappa shape index (κ3) is 2.99. The van der Waals surface area contributed by atoms with Crippen molar-refractivity contribution in [2.75, 3.05) is 11.6 Å². The molecule has 1 atom stereocenters. The minimum Gasteiger partial charge on any atom is -0.448 e. The molecule has 1 aliphatic rings. The number of rotatable bonds is 2. The molecule has 150 valence electrons. The van der Waals surface area contributed by atoms with Crippen LogP contribution in [-0.2, 0) is 0 Å². The molecule has 5 aromatic rings. The number of fused-ring (bicyclic) bond motifs is 5. The van der Waals surface area contributed by atoms with E-state index < -0.39 is 6.23 Å². The van der Waals surface area contributed by atoms with E-state index in [0.29, 0.717) is 16.7 Å². The number of nitrogens with zero attached hydrogens (tertiary/aromatic N) is 3. The Morgan fingerprint density at radius 3 is 2.26 bits per heavy atom. The Balaban J connectivity index is 1.64. The second kappa shape index (κ2) is 7.25. The lowest BCUT2D eigenvalue weighted by Crippen LogP contribution is -2.18. The molecule has 0 saturated carbocycles. The van der Waals surface area contributed by atoms with Crippen molar-refractivity contribution in [1.29, 1.82) is 0 Å². The maximum Gasteiger partial charge on any atom is 0.247 e. The van der Waals surface area contributed by atoms with Gasteiger partial charge in [0.05, 0.1) is 0 Å². The van der Waals surface area contributed by atoms with Gasteiger partial charge in [0.15, 0.2) is 11.9 Å². The molecule has 6 rings (SSSR count). The van der Waals surface area contributed by atoms with Crippen LogP contribution in [0, 0.1) is 0 Å². The minimum absolute atomic E-state index is 0.440. The molecule has 0 spiro atoms. The highest BCUT2D eigenvalue weighted by molar-refractivity contribution is 7.98. The van der Waals surface area contributed by atoms with E-state index in [4.69, 9.17) is 4.74 Å². The highest BCUT2D eigenvalue weighted by atomic mass is 32.2. The highest BCUT2D eigenvalue weighted by Crippen LogP contribution is 2.42. The summed E-state index contributed by atoms with van der Waals surface area (Å²) in [5.74, 6) is 0.485. The van der Waals surface area contributed by atoms with Crippen molar-refractivity contribution in [3.63, 3.8) is 0 Å². The average Bonchev–Trinajstić information content (AvgIpc) is 2.98. The first-order valence-corrected chi connectivity index (χ1v) is 11.3. The van der Waals surface area contributed by atoms with Crippen molar-refractivity contribution in [1.82, 2.24) is 15.2 Å². The van der Waals surface area contributed by atoms with Crippen LogP contribution in [0.5, 0.6) is 5.88 Å². The number of para-hydroxylation sites is 1. The van der Waals surface area contributed by atoms with Gasteiger partial charge in [-0.05, 0) is 39.9 Å². The van der Waals surface area contributed by atoms with Crippen LogP contribution >= 0.6 is 11.8 Å². The normalized spacial score (nSPS) is 14.9. The number of thioether (sulfide) groups is 1. The van der Waals surface area contributed by atoms with Crippen LogP contribution in [-0.4, -0.2) is 21.4 Å². The average molecular weight is 423 g/mol. The van der Waals surface area contributed by atoms with Gasteiger partial charge in [-0.1, -0.05) is 78.5 Å². The molecule has 0 aliphatic carbocycles. The molecule has 0 amide bonds. The van der Waals surface area contributed by atoms with E-state index in [1.165, 1.54) is 22.5 Å². The summed E-state index contributed by atoms with van der Waals surface area (Å²) in [6.45, 7) is 0. The van der Waals surface area contributed by atoms with Crippen LogP contribution in [0.1, 0.15) is 11.8 Å². The molecular weight excluding hydrogens is 404 g/mol. The van der Waals surface area contributed by atoms with E-state index in [1.807, 2.05) is 30.5 Å². The molecule has 0 radical (unpaired) electrons. The molecule has 6 heteroatoms. The smallest absolute Gasteiger partial charge is 0.247 e. The van der Waals surface area contributed by atoms with E-state index in [-0.39, 0.29) is 0 Å². The summed E-state index contributed by atoms with van der Waals surface area (Å²) in [5, 5.41) is 17.5. The second-order valence-electron chi connectivity index (χ2n) is 7.37. The molecule has 4 aromatic carbocycles. The largest absolute Gasteiger partial charge is 0.448 e. The zero-order chi connectivity index (χ0) is 20.8.